The van der Waals surface area contributed by atoms with Crippen LogP contribution in [0.15, 0.2) is 0 Å². The molecule has 1 spiro atoms. The van der Waals surface area contributed by atoms with Gasteiger partial charge in [0.2, 0.25) is 11.8 Å². The second-order valence-corrected chi connectivity index (χ2v) is 6.55. The predicted molar refractivity (Wildman–Crippen MR) is 72.9 cm³/mol. The van der Waals surface area contributed by atoms with Crippen molar-refractivity contribution in [2.45, 2.75) is 57.9 Å². The molecule has 2 fully saturated rings. The van der Waals surface area contributed by atoms with Gasteiger partial charge in [-0.2, -0.15) is 0 Å². The van der Waals surface area contributed by atoms with Crippen LogP contribution in [0.1, 0.15) is 52.4 Å². The van der Waals surface area contributed by atoms with Crippen LogP contribution in [-0.4, -0.2) is 27.2 Å². The lowest BCUT2D eigenvalue weighted by Crippen LogP contribution is -2.61. The zero-order chi connectivity index (χ0) is 13.6. The molecule has 0 atom stereocenters. The number of hydrogen-bond acceptors (Lipinski definition) is 3. The lowest BCUT2D eigenvalue weighted by Gasteiger charge is -2.44. The SMILES string of the molecule is CC(C)(C(N)=S)N1C(=O)CC2(CCCC2)CC1=O. The van der Waals surface area contributed by atoms with E-state index in [1.165, 1.54) is 4.90 Å². The smallest absolute Gasteiger partial charge is 0.230 e. The Kier molecular flexibility index (Phi) is 3.21. The first kappa shape index (κ1) is 13.5. The minimum absolute atomic E-state index is 0.0725. The van der Waals surface area contributed by atoms with Crippen molar-refractivity contribution in [2.75, 3.05) is 0 Å². The van der Waals surface area contributed by atoms with E-state index in [1.54, 1.807) is 13.8 Å². The maximum absolute atomic E-state index is 12.3. The lowest BCUT2D eigenvalue weighted by molar-refractivity contribution is -0.157. The Morgan fingerprint density at radius 2 is 1.67 bits per heavy atom. The van der Waals surface area contributed by atoms with E-state index in [2.05, 4.69) is 0 Å². The number of piperidine rings is 1. The third-order valence-electron chi connectivity index (χ3n) is 4.38. The molecule has 1 heterocycles. The molecule has 2 amide bonds. The molecule has 0 aromatic heterocycles. The largest absolute Gasteiger partial charge is 0.391 e. The highest BCUT2D eigenvalue weighted by Crippen LogP contribution is 2.47. The van der Waals surface area contributed by atoms with E-state index >= 15 is 0 Å². The molecule has 0 radical (unpaired) electrons. The summed E-state index contributed by atoms with van der Waals surface area (Å²) < 4.78 is 0. The van der Waals surface area contributed by atoms with Gasteiger partial charge in [-0.15, -0.1) is 0 Å². The fourth-order valence-corrected chi connectivity index (χ4v) is 3.30. The molecule has 1 saturated heterocycles. The topological polar surface area (TPSA) is 63.4 Å². The summed E-state index contributed by atoms with van der Waals surface area (Å²) in [5.74, 6) is -0.239. The van der Waals surface area contributed by atoms with E-state index in [-0.39, 0.29) is 22.2 Å². The third kappa shape index (κ3) is 2.05. The number of hydrogen-bond donors (Lipinski definition) is 1. The molecule has 5 heteroatoms. The summed E-state index contributed by atoms with van der Waals surface area (Å²) in [5, 5.41) is 0. The van der Waals surface area contributed by atoms with E-state index in [0.717, 1.165) is 25.7 Å². The number of likely N-dealkylation sites (tertiary alicyclic amines) is 1. The van der Waals surface area contributed by atoms with Gasteiger partial charge in [-0.05, 0) is 32.1 Å². The highest BCUT2D eigenvalue weighted by molar-refractivity contribution is 7.80. The van der Waals surface area contributed by atoms with Crippen LogP contribution in [-0.2, 0) is 9.59 Å². The van der Waals surface area contributed by atoms with Gasteiger partial charge in [0.15, 0.2) is 0 Å². The maximum Gasteiger partial charge on any atom is 0.230 e. The van der Waals surface area contributed by atoms with Crippen LogP contribution in [0, 0.1) is 5.41 Å². The Hall–Kier alpha value is -0.970. The molecule has 0 aromatic rings. The van der Waals surface area contributed by atoms with E-state index in [9.17, 15) is 9.59 Å². The molecular weight excluding hydrogens is 248 g/mol. The summed E-state index contributed by atoms with van der Waals surface area (Å²) in [6.07, 6.45) is 5.16. The molecule has 2 rings (SSSR count). The molecule has 2 aliphatic rings. The maximum atomic E-state index is 12.3. The Labute approximate surface area is 113 Å². The van der Waals surface area contributed by atoms with Crippen molar-refractivity contribution in [1.29, 1.82) is 0 Å². The van der Waals surface area contributed by atoms with Gasteiger partial charge in [-0.25, -0.2) is 0 Å². The van der Waals surface area contributed by atoms with Crippen molar-refractivity contribution in [3.63, 3.8) is 0 Å². The number of imide groups is 1. The van der Waals surface area contributed by atoms with Crippen molar-refractivity contribution >= 4 is 29.0 Å². The van der Waals surface area contributed by atoms with Crippen LogP contribution in [0.4, 0.5) is 0 Å². The Bertz CT molecular complexity index is 391. The fraction of sp³-hybridized carbons (Fsp3) is 0.769. The Morgan fingerprint density at radius 3 is 2.06 bits per heavy atom. The minimum Gasteiger partial charge on any atom is -0.391 e. The van der Waals surface area contributed by atoms with E-state index < -0.39 is 5.54 Å². The Balaban J connectivity index is 2.24. The summed E-state index contributed by atoms with van der Waals surface area (Å²) in [6, 6.07) is 0. The first-order chi connectivity index (χ1) is 8.28. The van der Waals surface area contributed by atoms with Crippen molar-refractivity contribution in [1.82, 2.24) is 4.90 Å². The van der Waals surface area contributed by atoms with Crippen LogP contribution < -0.4 is 5.73 Å². The molecule has 4 nitrogen and oxygen atoms in total. The van der Waals surface area contributed by atoms with Crippen LogP contribution in [0.25, 0.3) is 0 Å². The van der Waals surface area contributed by atoms with Gasteiger partial charge in [0.05, 0.1) is 10.5 Å². The van der Waals surface area contributed by atoms with E-state index in [4.69, 9.17) is 18.0 Å². The van der Waals surface area contributed by atoms with E-state index in [1.807, 2.05) is 0 Å². The lowest BCUT2D eigenvalue weighted by atomic mass is 9.75. The summed E-state index contributed by atoms with van der Waals surface area (Å²) >= 11 is 4.98. The van der Waals surface area contributed by atoms with Crippen LogP contribution in [0.5, 0.6) is 0 Å². The molecule has 18 heavy (non-hydrogen) atoms. The third-order valence-corrected chi connectivity index (χ3v) is 4.88. The van der Waals surface area contributed by atoms with Crippen molar-refractivity contribution in [3.05, 3.63) is 0 Å². The monoisotopic (exact) mass is 268 g/mol. The zero-order valence-corrected chi connectivity index (χ0v) is 11.8. The normalized spacial score (nSPS) is 23.8. The molecule has 0 bridgehead atoms. The van der Waals surface area contributed by atoms with Gasteiger partial charge in [0.25, 0.3) is 0 Å². The summed E-state index contributed by atoms with van der Waals surface area (Å²) in [4.78, 5) is 26.1. The second kappa shape index (κ2) is 4.30. The summed E-state index contributed by atoms with van der Waals surface area (Å²) in [6.45, 7) is 3.47. The van der Waals surface area contributed by atoms with Crippen LogP contribution in [0.2, 0.25) is 0 Å². The number of rotatable bonds is 2. The molecular formula is C13H20N2O2S. The average Bonchev–Trinajstić information content (AvgIpc) is 2.63. The second-order valence-electron chi connectivity index (χ2n) is 6.11. The Morgan fingerprint density at radius 1 is 1.22 bits per heavy atom. The zero-order valence-electron chi connectivity index (χ0n) is 11.0. The van der Waals surface area contributed by atoms with Gasteiger partial charge in [-0.1, -0.05) is 25.1 Å². The molecule has 0 aromatic carbocycles. The van der Waals surface area contributed by atoms with Gasteiger partial charge in [0, 0.05) is 12.8 Å². The minimum atomic E-state index is -0.857. The number of amides is 2. The van der Waals surface area contributed by atoms with Crippen molar-refractivity contribution in [2.24, 2.45) is 11.1 Å². The first-order valence-electron chi connectivity index (χ1n) is 6.44. The quantitative estimate of drug-likeness (QED) is 0.612. The number of thiocarbonyl (C=S) groups is 1. The number of carbonyl (C=O) groups excluding carboxylic acids is 2. The summed E-state index contributed by atoms with van der Waals surface area (Å²) in [7, 11) is 0. The van der Waals surface area contributed by atoms with Gasteiger partial charge >= 0.3 is 0 Å². The van der Waals surface area contributed by atoms with Crippen molar-refractivity contribution < 1.29 is 9.59 Å². The molecule has 1 aliphatic carbocycles. The molecule has 100 valence electrons. The van der Waals surface area contributed by atoms with Crippen LogP contribution in [0.3, 0.4) is 0 Å². The standard InChI is InChI=1S/C13H20N2O2S/c1-12(2,11(14)18)15-9(16)7-13(8-10(15)17)5-3-4-6-13/h3-8H2,1-2H3,(H2,14,18). The molecule has 2 N–H and O–H groups in total. The van der Waals surface area contributed by atoms with Gasteiger partial charge in [-0.3, -0.25) is 14.5 Å². The van der Waals surface area contributed by atoms with Gasteiger partial charge in [0.1, 0.15) is 0 Å². The highest BCUT2D eigenvalue weighted by Gasteiger charge is 2.49. The molecule has 1 saturated carbocycles. The number of nitrogens with zero attached hydrogens (tertiary/aromatic N) is 1. The van der Waals surface area contributed by atoms with E-state index in [0.29, 0.717) is 12.8 Å². The van der Waals surface area contributed by atoms with Crippen molar-refractivity contribution in [3.8, 4) is 0 Å². The summed E-state index contributed by atoms with van der Waals surface area (Å²) in [5.41, 5.74) is 4.73. The number of nitrogens with two attached hydrogens (primary N) is 1. The van der Waals surface area contributed by atoms with Crippen LogP contribution >= 0.6 is 12.2 Å². The molecule has 0 unspecified atom stereocenters. The highest BCUT2D eigenvalue weighted by atomic mass is 32.1. The first-order valence-corrected chi connectivity index (χ1v) is 6.85. The molecule has 1 aliphatic heterocycles. The van der Waals surface area contributed by atoms with Gasteiger partial charge < -0.3 is 5.73 Å². The number of carbonyl (C=O) groups is 2. The fourth-order valence-electron chi connectivity index (χ4n) is 3.21. The average molecular weight is 268 g/mol. The predicted octanol–water partition coefficient (Wildman–Crippen LogP) is 1.76.